The molecule has 0 radical (unpaired) electrons. The third kappa shape index (κ3) is 4.17. The second kappa shape index (κ2) is 8.27. The zero-order chi connectivity index (χ0) is 20.3. The van der Waals surface area contributed by atoms with E-state index in [4.69, 9.17) is 16.9 Å². The van der Waals surface area contributed by atoms with Crippen molar-refractivity contribution in [2.75, 3.05) is 26.2 Å². The normalized spacial score (nSPS) is 15.2. The van der Waals surface area contributed by atoms with Gasteiger partial charge in [0.05, 0.1) is 17.5 Å². The highest BCUT2D eigenvalue weighted by molar-refractivity contribution is 7.89. The van der Waals surface area contributed by atoms with Gasteiger partial charge in [-0.15, -0.1) is 0 Å². The van der Waals surface area contributed by atoms with Crippen molar-refractivity contribution in [2.45, 2.75) is 11.3 Å². The summed E-state index contributed by atoms with van der Waals surface area (Å²) in [5, 5.41) is 8.81. The van der Waals surface area contributed by atoms with Gasteiger partial charge in [-0.1, -0.05) is 17.7 Å². The Hall–Kier alpha value is -2.47. The fourth-order valence-corrected chi connectivity index (χ4v) is 4.96. The summed E-state index contributed by atoms with van der Waals surface area (Å²) in [5.41, 5.74) is 0.995. The Morgan fingerprint density at radius 2 is 1.75 bits per heavy atom. The maximum Gasteiger partial charge on any atom is 0.253 e. The molecule has 1 saturated heterocycles. The van der Waals surface area contributed by atoms with Crippen LogP contribution in [0.15, 0.2) is 47.4 Å². The standard InChI is InChI=1S/C19H17ClFN3O3S/c20-17-13-14(7-8-22)1-6-18(17)28(26,27)24-11-9-23(10-12-24)19(25)15-2-4-16(21)5-3-15/h1-6,13H,7,9-12H2. The number of carbonyl (C=O) groups is 1. The van der Waals surface area contributed by atoms with E-state index in [1.807, 2.05) is 6.07 Å². The Morgan fingerprint density at radius 3 is 2.32 bits per heavy atom. The molecule has 3 rings (SSSR count). The van der Waals surface area contributed by atoms with Crippen LogP contribution in [0, 0.1) is 17.1 Å². The summed E-state index contributed by atoms with van der Waals surface area (Å²) in [7, 11) is -3.81. The van der Waals surface area contributed by atoms with E-state index in [9.17, 15) is 17.6 Å². The Bertz CT molecular complexity index is 1030. The van der Waals surface area contributed by atoms with Gasteiger partial charge in [-0.2, -0.15) is 9.57 Å². The van der Waals surface area contributed by atoms with Crippen molar-refractivity contribution < 1.29 is 17.6 Å². The van der Waals surface area contributed by atoms with Crippen LogP contribution in [-0.4, -0.2) is 49.7 Å². The van der Waals surface area contributed by atoms with Crippen molar-refractivity contribution in [1.82, 2.24) is 9.21 Å². The number of hydrogen-bond donors (Lipinski definition) is 0. The molecular formula is C19H17ClFN3O3S. The van der Waals surface area contributed by atoms with Crippen molar-refractivity contribution in [2.24, 2.45) is 0 Å². The lowest BCUT2D eigenvalue weighted by Gasteiger charge is -2.34. The molecule has 0 aliphatic carbocycles. The molecule has 2 aromatic rings. The largest absolute Gasteiger partial charge is 0.336 e. The molecule has 146 valence electrons. The summed E-state index contributed by atoms with van der Waals surface area (Å²) in [5.74, 6) is -0.693. The Morgan fingerprint density at radius 1 is 1.11 bits per heavy atom. The van der Waals surface area contributed by atoms with E-state index in [0.717, 1.165) is 0 Å². The van der Waals surface area contributed by atoms with Gasteiger partial charge in [0, 0.05) is 31.7 Å². The number of hydrogen-bond acceptors (Lipinski definition) is 4. The van der Waals surface area contributed by atoms with E-state index in [1.54, 1.807) is 6.07 Å². The van der Waals surface area contributed by atoms with E-state index >= 15 is 0 Å². The second-order valence-electron chi connectivity index (χ2n) is 6.30. The molecule has 28 heavy (non-hydrogen) atoms. The first-order valence-corrected chi connectivity index (χ1v) is 10.3. The quantitative estimate of drug-likeness (QED) is 0.760. The van der Waals surface area contributed by atoms with Crippen LogP contribution in [0.2, 0.25) is 5.02 Å². The fourth-order valence-electron chi connectivity index (χ4n) is 3.00. The van der Waals surface area contributed by atoms with E-state index in [2.05, 4.69) is 0 Å². The molecule has 2 aromatic carbocycles. The van der Waals surface area contributed by atoms with Gasteiger partial charge in [-0.25, -0.2) is 12.8 Å². The van der Waals surface area contributed by atoms with Crippen molar-refractivity contribution in [3.63, 3.8) is 0 Å². The van der Waals surface area contributed by atoms with Crippen LogP contribution >= 0.6 is 11.6 Å². The number of nitrogens with zero attached hydrogens (tertiary/aromatic N) is 3. The molecule has 0 spiro atoms. The number of piperazine rings is 1. The molecule has 0 bridgehead atoms. The third-order valence-corrected chi connectivity index (χ3v) is 6.90. The summed E-state index contributed by atoms with van der Waals surface area (Å²) in [6.07, 6.45) is 0.143. The van der Waals surface area contributed by atoms with Gasteiger partial charge in [0.2, 0.25) is 10.0 Å². The highest BCUT2D eigenvalue weighted by Gasteiger charge is 2.31. The lowest BCUT2D eigenvalue weighted by molar-refractivity contribution is 0.0698. The molecule has 0 N–H and O–H groups in total. The number of halogens is 2. The molecule has 9 heteroatoms. The van der Waals surface area contributed by atoms with Crippen molar-refractivity contribution in [1.29, 1.82) is 5.26 Å². The number of benzene rings is 2. The molecule has 0 unspecified atom stereocenters. The van der Waals surface area contributed by atoms with Crippen LogP contribution in [-0.2, 0) is 16.4 Å². The number of rotatable bonds is 4. The maximum atomic E-state index is 13.0. The predicted octanol–water partition coefficient (Wildman–Crippen LogP) is 2.69. The van der Waals surface area contributed by atoms with Gasteiger partial charge in [-0.05, 0) is 42.0 Å². The summed E-state index contributed by atoms with van der Waals surface area (Å²) in [6.45, 7) is 0.705. The smallest absolute Gasteiger partial charge is 0.253 e. The van der Waals surface area contributed by atoms with Gasteiger partial charge in [0.15, 0.2) is 0 Å². The zero-order valence-electron chi connectivity index (χ0n) is 14.8. The first-order chi connectivity index (χ1) is 13.3. The average molecular weight is 422 g/mol. The number of amides is 1. The predicted molar refractivity (Wildman–Crippen MR) is 102 cm³/mol. The Balaban J connectivity index is 1.71. The van der Waals surface area contributed by atoms with Crippen LogP contribution in [0.4, 0.5) is 4.39 Å². The lowest BCUT2D eigenvalue weighted by Crippen LogP contribution is -2.50. The Labute approximate surface area is 167 Å². The maximum absolute atomic E-state index is 13.0. The SMILES string of the molecule is N#CCc1ccc(S(=O)(=O)N2CCN(C(=O)c3ccc(F)cc3)CC2)c(Cl)c1. The molecule has 1 fully saturated rings. The minimum absolute atomic E-state index is 0.0193. The van der Waals surface area contributed by atoms with Gasteiger partial charge in [-0.3, -0.25) is 4.79 Å². The highest BCUT2D eigenvalue weighted by atomic mass is 35.5. The van der Waals surface area contributed by atoms with Gasteiger partial charge in [0.1, 0.15) is 10.7 Å². The third-order valence-electron chi connectivity index (χ3n) is 4.51. The first kappa shape index (κ1) is 20.3. The van der Waals surface area contributed by atoms with Gasteiger partial charge < -0.3 is 4.90 Å². The first-order valence-electron chi connectivity index (χ1n) is 8.53. The van der Waals surface area contributed by atoms with E-state index in [-0.39, 0.29) is 48.4 Å². The highest BCUT2D eigenvalue weighted by Crippen LogP contribution is 2.27. The second-order valence-corrected chi connectivity index (χ2v) is 8.62. The molecule has 0 aromatic heterocycles. The number of nitriles is 1. The van der Waals surface area contributed by atoms with E-state index in [1.165, 1.54) is 45.6 Å². The molecular weight excluding hydrogens is 405 g/mol. The van der Waals surface area contributed by atoms with Crippen molar-refractivity contribution >= 4 is 27.5 Å². The van der Waals surface area contributed by atoms with Crippen LogP contribution in [0.3, 0.4) is 0 Å². The van der Waals surface area contributed by atoms with Crippen LogP contribution in [0.1, 0.15) is 15.9 Å². The average Bonchev–Trinajstić information content (AvgIpc) is 2.68. The molecule has 1 aliphatic heterocycles. The summed E-state index contributed by atoms with van der Waals surface area (Å²) >= 11 is 6.13. The van der Waals surface area contributed by atoms with E-state index < -0.39 is 15.8 Å². The number of sulfonamides is 1. The van der Waals surface area contributed by atoms with Gasteiger partial charge in [0.25, 0.3) is 5.91 Å². The minimum Gasteiger partial charge on any atom is -0.336 e. The number of carbonyl (C=O) groups excluding carboxylic acids is 1. The van der Waals surface area contributed by atoms with E-state index in [0.29, 0.717) is 11.1 Å². The van der Waals surface area contributed by atoms with Crippen LogP contribution in [0.25, 0.3) is 0 Å². The molecule has 0 saturated carbocycles. The fraction of sp³-hybridized carbons (Fsp3) is 0.263. The van der Waals surface area contributed by atoms with Crippen molar-refractivity contribution in [3.05, 3.63) is 64.4 Å². The zero-order valence-corrected chi connectivity index (χ0v) is 16.4. The molecule has 0 atom stereocenters. The van der Waals surface area contributed by atoms with Crippen LogP contribution < -0.4 is 0 Å². The molecule has 6 nitrogen and oxygen atoms in total. The summed E-state index contributed by atoms with van der Waals surface area (Å²) < 4.78 is 40.1. The van der Waals surface area contributed by atoms with Crippen LogP contribution in [0.5, 0.6) is 0 Å². The molecule has 1 aliphatic rings. The topological polar surface area (TPSA) is 81.5 Å². The Kier molecular flexibility index (Phi) is 5.98. The lowest BCUT2D eigenvalue weighted by atomic mass is 10.2. The monoisotopic (exact) mass is 421 g/mol. The summed E-state index contributed by atoms with van der Waals surface area (Å²) in [6, 6.07) is 11.7. The van der Waals surface area contributed by atoms with Crippen molar-refractivity contribution in [3.8, 4) is 6.07 Å². The van der Waals surface area contributed by atoms with Gasteiger partial charge >= 0.3 is 0 Å². The summed E-state index contributed by atoms with van der Waals surface area (Å²) in [4.78, 5) is 14.0. The molecule has 1 amide bonds. The molecule has 1 heterocycles. The minimum atomic E-state index is -3.81.